The van der Waals surface area contributed by atoms with Gasteiger partial charge in [0.15, 0.2) is 0 Å². The lowest BCUT2D eigenvalue weighted by atomic mass is 10.1. The van der Waals surface area contributed by atoms with Gasteiger partial charge in [-0.15, -0.1) is 0 Å². The van der Waals surface area contributed by atoms with E-state index in [-0.39, 0.29) is 6.54 Å². The molecule has 0 aromatic heterocycles. The zero-order valence-electron chi connectivity index (χ0n) is 8.22. The van der Waals surface area contributed by atoms with Crippen LogP contribution in [0.1, 0.15) is 5.56 Å². The summed E-state index contributed by atoms with van der Waals surface area (Å²) >= 11 is 0. The minimum atomic E-state index is -0.963. The third kappa shape index (κ3) is 4.37. The molecule has 1 aromatic carbocycles. The molecule has 0 saturated heterocycles. The van der Waals surface area contributed by atoms with Crippen molar-refractivity contribution < 1.29 is 14.7 Å². The third-order valence-corrected chi connectivity index (χ3v) is 1.98. The molecule has 2 N–H and O–H groups in total. The van der Waals surface area contributed by atoms with Gasteiger partial charge in [0.1, 0.15) is 6.29 Å². The molecular weight excluding hydrogens is 194 g/mol. The zero-order valence-corrected chi connectivity index (χ0v) is 8.22. The first kappa shape index (κ1) is 11.4. The van der Waals surface area contributed by atoms with Gasteiger partial charge in [0.2, 0.25) is 0 Å². The predicted molar refractivity (Wildman–Crippen MR) is 55.6 cm³/mol. The normalized spacial score (nSPS) is 12.0. The van der Waals surface area contributed by atoms with Gasteiger partial charge in [0.25, 0.3) is 0 Å². The molecule has 0 unspecified atom stereocenters. The summed E-state index contributed by atoms with van der Waals surface area (Å²) in [5, 5.41) is 11.1. The summed E-state index contributed by atoms with van der Waals surface area (Å²) in [6, 6.07) is 9.02. The van der Waals surface area contributed by atoms with Crippen molar-refractivity contribution in [1.29, 1.82) is 0 Å². The van der Waals surface area contributed by atoms with Crippen molar-refractivity contribution in [2.24, 2.45) is 0 Å². The van der Waals surface area contributed by atoms with Crippen LogP contribution in [0.5, 0.6) is 0 Å². The number of carboxylic acids is 1. The summed E-state index contributed by atoms with van der Waals surface area (Å²) in [7, 11) is 0. The van der Waals surface area contributed by atoms with E-state index in [1.54, 1.807) is 0 Å². The van der Waals surface area contributed by atoms with Gasteiger partial charge in [-0.3, -0.25) is 10.1 Å². The van der Waals surface area contributed by atoms with E-state index in [1.165, 1.54) is 0 Å². The van der Waals surface area contributed by atoms with Crippen molar-refractivity contribution in [3.8, 4) is 0 Å². The molecule has 0 bridgehead atoms. The van der Waals surface area contributed by atoms with Crippen molar-refractivity contribution in [3.05, 3.63) is 35.9 Å². The highest BCUT2D eigenvalue weighted by Crippen LogP contribution is 2.01. The quantitative estimate of drug-likeness (QED) is 0.665. The molecule has 0 saturated carbocycles. The van der Waals surface area contributed by atoms with E-state index in [9.17, 15) is 9.59 Å². The Labute approximate surface area is 87.9 Å². The summed E-state index contributed by atoms with van der Waals surface area (Å²) in [5.41, 5.74) is 1.01. The van der Waals surface area contributed by atoms with Crippen LogP contribution in [0.4, 0.5) is 0 Å². The fourth-order valence-electron chi connectivity index (χ4n) is 1.25. The fraction of sp³-hybridized carbons (Fsp3) is 0.273. The molecule has 0 aliphatic carbocycles. The molecule has 1 atom stereocenters. The second-order valence-corrected chi connectivity index (χ2v) is 3.21. The molecule has 0 radical (unpaired) electrons. The number of benzene rings is 1. The van der Waals surface area contributed by atoms with Gasteiger partial charge in [-0.2, -0.15) is 0 Å². The van der Waals surface area contributed by atoms with Crippen LogP contribution >= 0.6 is 0 Å². The van der Waals surface area contributed by atoms with Crippen LogP contribution in [0, 0.1) is 0 Å². The van der Waals surface area contributed by atoms with E-state index in [0.29, 0.717) is 6.42 Å². The molecule has 0 amide bonds. The van der Waals surface area contributed by atoms with Crippen LogP contribution in [0.3, 0.4) is 0 Å². The molecule has 80 valence electrons. The van der Waals surface area contributed by atoms with Gasteiger partial charge in [0.05, 0.1) is 12.6 Å². The van der Waals surface area contributed by atoms with Crippen molar-refractivity contribution in [2.75, 3.05) is 6.54 Å². The van der Waals surface area contributed by atoms with E-state index < -0.39 is 12.0 Å². The summed E-state index contributed by atoms with van der Waals surface area (Å²) in [6.07, 6.45) is 1.24. The highest BCUT2D eigenvalue weighted by molar-refractivity contribution is 5.70. The Bertz CT molecular complexity index is 324. The van der Waals surface area contributed by atoms with E-state index in [0.717, 1.165) is 11.8 Å². The fourth-order valence-corrected chi connectivity index (χ4v) is 1.25. The highest BCUT2D eigenvalue weighted by Gasteiger charge is 2.08. The average molecular weight is 207 g/mol. The molecule has 0 heterocycles. The topological polar surface area (TPSA) is 66.4 Å². The Balaban J connectivity index is 2.47. The first-order valence-electron chi connectivity index (χ1n) is 4.67. The number of carbonyl (C=O) groups is 2. The zero-order chi connectivity index (χ0) is 11.1. The van der Waals surface area contributed by atoms with E-state index in [4.69, 9.17) is 5.11 Å². The lowest BCUT2D eigenvalue weighted by molar-refractivity contribution is -0.136. The maximum absolute atomic E-state index is 10.7. The number of carboxylic acid groups (broad SMARTS) is 1. The molecule has 4 heteroatoms. The average Bonchev–Trinajstić information content (AvgIpc) is 2.25. The Morgan fingerprint density at radius 3 is 2.60 bits per heavy atom. The molecule has 0 spiro atoms. The Morgan fingerprint density at radius 2 is 2.07 bits per heavy atom. The van der Waals surface area contributed by atoms with Crippen LogP contribution in [-0.2, 0) is 16.0 Å². The van der Waals surface area contributed by atoms with Gasteiger partial charge < -0.3 is 9.90 Å². The molecule has 0 fully saturated rings. The second kappa shape index (κ2) is 5.93. The van der Waals surface area contributed by atoms with Gasteiger partial charge in [0, 0.05) is 0 Å². The SMILES string of the molecule is O=C[C@H](Cc1ccccc1)NCC(=O)O. The summed E-state index contributed by atoms with van der Waals surface area (Å²) in [5.74, 6) is -0.963. The number of hydrogen-bond donors (Lipinski definition) is 2. The minimum absolute atomic E-state index is 0.198. The molecule has 0 aliphatic rings. The molecule has 0 aliphatic heterocycles. The summed E-state index contributed by atoms with van der Waals surface area (Å²) in [6.45, 7) is -0.198. The van der Waals surface area contributed by atoms with Gasteiger partial charge in [-0.05, 0) is 12.0 Å². The molecule has 1 rings (SSSR count). The monoisotopic (exact) mass is 207 g/mol. The van der Waals surface area contributed by atoms with Crippen LogP contribution in [0.2, 0.25) is 0 Å². The first-order valence-corrected chi connectivity index (χ1v) is 4.67. The number of nitrogens with one attached hydrogen (secondary N) is 1. The standard InChI is InChI=1S/C11H13NO3/c13-8-10(12-7-11(14)15)6-9-4-2-1-3-5-9/h1-5,8,10,12H,6-7H2,(H,14,15)/t10-/m0/s1. The van der Waals surface area contributed by atoms with Crippen LogP contribution in [0.15, 0.2) is 30.3 Å². The van der Waals surface area contributed by atoms with E-state index in [1.807, 2.05) is 30.3 Å². The largest absolute Gasteiger partial charge is 0.480 e. The Hall–Kier alpha value is -1.68. The van der Waals surface area contributed by atoms with Crippen LogP contribution < -0.4 is 5.32 Å². The predicted octanol–water partition coefficient (Wildman–Crippen LogP) is 0.471. The van der Waals surface area contributed by atoms with Crippen LogP contribution in [0.25, 0.3) is 0 Å². The van der Waals surface area contributed by atoms with E-state index >= 15 is 0 Å². The molecule has 15 heavy (non-hydrogen) atoms. The van der Waals surface area contributed by atoms with Crippen molar-refractivity contribution in [1.82, 2.24) is 5.32 Å². The maximum atomic E-state index is 10.7. The van der Waals surface area contributed by atoms with Crippen LogP contribution in [-0.4, -0.2) is 29.9 Å². The first-order chi connectivity index (χ1) is 7.22. The number of aldehydes is 1. The third-order valence-electron chi connectivity index (χ3n) is 1.98. The lowest BCUT2D eigenvalue weighted by Gasteiger charge is -2.10. The number of aliphatic carboxylic acids is 1. The van der Waals surface area contributed by atoms with Gasteiger partial charge in [-0.1, -0.05) is 30.3 Å². The summed E-state index contributed by atoms with van der Waals surface area (Å²) < 4.78 is 0. The molecule has 4 nitrogen and oxygen atoms in total. The van der Waals surface area contributed by atoms with Gasteiger partial charge >= 0.3 is 5.97 Å². The number of carbonyl (C=O) groups excluding carboxylic acids is 1. The maximum Gasteiger partial charge on any atom is 0.317 e. The highest BCUT2D eigenvalue weighted by atomic mass is 16.4. The lowest BCUT2D eigenvalue weighted by Crippen LogP contribution is -2.36. The van der Waals surface area contributed by atoms with Crippen molar-refractivity contribution in [3.63, 3.8) is 0 Å². The van der Waals surface area contributed by atoms with E-state index in [2.05, 4.69) is 5.32 Å². The number of hydrogen-bond acceptors (Lipinski definition) is 3. The smallest absolute Gasteiger partial charge is 0.317 e. The van der Waals surface area contributed by atoms with Crippen molar-refractivity contribution >= 4 is 12.3 Å². The number of rotatable bonds is 6. The molecule has 1 aromatic rings. The minimum Gasteiger partial charge on any atom is -0.480 e. The van der Waals surface area contributed by atoms with Gasteiger partial charge in [-0.25, -0.2) is 0 Å². The molecular formula is C11H13NO3. The Kier molecular flexibility index (Phi) is 4.50. The summed E-state index contributed by atoms with van der Waals surface area (Å²) in [4.78, 5) is 21.0. The van der Waals surface area contributed by atoms with Crippen molar-refractivity contribution in [2.45, 2.75) is 12.5 Å². The Morgan fingerprint density at radius 1 is 1.40 bits per heavy atom. The second-order valence-electron chi connectivity index (χ2n) is 3.21.